The Morgan fingerprint density at radius 1 is 1.08 bits per heavy atom. The monoisotopic (exact) mass is 371 g/mol. The first-order chi connectivity index (χ1) is 12.1. The van der Waals surface area contributed by atoms with Gasteiger partial charge < -0.3 is 0 Å². The second kappa shape index (κ2) is 6.95. The molecule has 0 bridgehead atoms. The second-order valence-corrected chi connectivity index (χ2v) is 7.74. The number of rotatable bonds is 4. The van der Waals surface area contributed by atoms with Crippen molar-refractivity contribution in [2.24, 2.45) is 0 Å². The highest BCUT2D eigenvalue weighted by Gasteiger charge is 2.27. The van der Waals surface area contributed by atoms with Crippen molar-refractivity contribution in [1.82, 2.24) is 4.90 Å². The van der Waals surface area contributed by atoms with Crippen molar-refractivity contribution >= 4 is 34.6 Å². The molecule has 0 amide bonds. The largest absolute Gasteiger partial charge is 0.298 e. The predicted molar refractivity (Wildman–Crippen MR) is 103 cm³/mol. The van der Waals surface area contributed by atoms with Gasteiger partial charge in [0.25, 0.3) is 0 Å². The van der Waals surface area contributed by atoms with Gasteiger partial charge in [-0.1, -0.05) is 41.4 Å². The molecule has 0 aromatic heterocycles. The third kappa shape index (κ3) is 3.67. The number of nitrogens with zero attached hydrogens (tertiary/aromatic N) is 1. The van der Waals surface area contributed by atoms with Gasteiger partial charge in [0.1, 0.15) is 0 Å². The summed E-state index contributed by atoms with van der Waals surface area (Å²) in [4.78, 5) is 14.7. The van der Waals surface area contributed by atoms with Crippen LogP contribution in [0.15, 0.2) is 48.0 Å². The van der Waals surface area contributed by atoms with Crippen LogP contribution >= 0.6 is 23.2 Å². The predicted octanol–water partition coefficient (Wildman–Crippen LogP) is 4.82. The standard InChI is InChI=1S/C21H19Cl2NO/c22-17-3-1-2-14(8-17)9-19(25)13-24-7-6-20-16(12-24)10-15-4-5-18(23)11-21(15)20/h1-5,8,11H,6-7,9-10,12-13H2. The molecule has 0 spiro atoms. The summed E-state index contributed by atoms with van der Waals surface area (Å²) >= 11 is 12.2. The molecule has 0 saturated carbocycles. The van der Waals surface area contributed by atoms with Crippen molar-refractivity contribution in [2.45, 2.75) is 19.3 Å². The molecule has 2 aromatic carbocycles. The Morgan fingerprint density at radius 2 is 1.92 bits per heavy atom. The van der Waals surface area contributed by atoms with Gasteiger partial charge in [-0.2, -0.15) is 0 Å². The second-order valence-electron chi connectivity index (χ2n) is 6.87. The Kier molecular flexibility index (Phi) is 4.68. The van der Waals surface area contributed by atoms with E-state index in [1.807, 2.05) is 30.3 Å². The molecule has 1 aliphatic heterocycles. The first-order valence-electron chi connectivity index (χ1n) is 8.57. The summed E-state index contributed by atoms with van der Waals surface area (Å²) in [5.74, 6) is 0.241. The summed E-state index contributed by atoms with van der Waals surface area (Å²) < 4.78 is 0. The zero-order valence-electron chi connectivity index (χ0n) is 13.9. The van der Waals surface area contributed by atoms with E-state index in [0.29, 0.717) is 18.0 Å². The molecule has 128 valence electrons. The first-order valence-corrected chi connectivity index (χ1v) is 9.32. The molecule has 2 nitrogen and oxygen atoms in total. The van der Waals surface area contributed by atoms with Crippen molar-refractivity contribution in [3.8, 4) is 0 Å². The highest BCUT2D eigenvalue weighted by atomic mass is 35.5. The van der Waals surface area contributed by atoms with E-state index in [2.05, 4.69) is 17.0 Å². The third-order valence-corrected chi connectivity index (χ3v) is 5.48. The zero-order chi connectivity index (χ0) is 17.4. The van der Waals surface area contributed by atoms with Crippen LogP contribution in [0.25, 0.3) is 5.57 Å². The number of halogens is 2. The van der Waals surface area contributed by atoms with E-state index in [0.717, 1.165) is 36.5 Å². The van der Waals surface area contributed by atoms with Crippen LogP contribution in [-0.2, 0) is 17.6 Å². The molecule has 1 heterocycles. The van der Waals surface area contributed by atoms with Gasteiger partial charge in [-0.3, -0.25) is 9.69 Å². The normalized spacial score (nSPS) is 16.7. The molecule has 0 radical (unpaired) electrons. The van der Waals surface area contributed by atoms with Crippen molar-refractivity contribution in [3.05, 3.63) is 74.8 Å². The highest BCUT2D eigenvalue weighted by Crippen LogP contribution is 2.39. The van der Waals surface area contributed by atoms with Crippen LogP contribution < -0.4 is 0 Å². The minimum absolute atomic E-state index is 0.241. The molecule has 1 aliphatic carbocycles. The molecule has 4 heteroatoms. The molecule has 0 saturated heterocycles. The van der Waals surface area contributed by atoms with Crippen molar-refractivity contribution < 1.29 is 4.79 Å². The fourth-order valence-electron chi connectivity index (χ4n) is 3.91. The molecule has 2 aromatic rings. The lowest BCUT2D eigenvalue weighted by Crippen LogP contribution is -2.35. The van der Waals surface area contributed by atoms with E-state index in [-0.39, 0.29) is 5.78 Å². The minimum Gasteiger partial charge on any atom is -0.298 e. The Hall–Kier alpha value is -1.61. The van der Waals surface area contributed by atoms with E-state index in [1.54, 1.807) is 0 Å². The van der Waals surface area contributed by atoms with E-state index in [1.165, 1.54) is 22.3 Å². The molecular weight excluding hydrogens is 353 g/mol. The Labute approximate surface area is 158 Å². The number of hydrogen-bond acceptors (Lipinski definition) is 2. The number of Topliss-reactive ketones (excluding diaryl/α,β-unsaturated/α-hetero) is 1. The SMILES string of the molecule is O=C(Cc1cccc(Cl)c1)CN1CCC2=C(Cc3ccc(Cl)cc32)C1. The zero-order valence-corrected chi connectivity index (χ0v) is 15.4. The average Bonchev–Trinajstić information content (AvgIpc) is 2.91. The summed E-state index contributed by atoms with van der Waals surface area (Å²) in [6.07, 6.45) is 2.42. The lowest BCUT2D eigenvalue weighted by Gasteiger charge is -2.28. The van der Waals surface area contributed by atoms with Gasteiger partial charge in [-0.05, 0) is 64.9 Å². The van der Waals surface area contributed by atoms with Gasteiger partial charge in [0, 0.05) is 29.6 Å². The van der Waals surface area contributed by atoms with E-state index in [4.69, 9.17) is 23.2 Å². The summed E-state index contributed by atoms with van der Waals surface area (Å²) in [5, 5.41) is 1.48. The van der Waals surface area contributed by atoms with Gasteiger partial charge in [-0.25, -0.2) is 0 Å². The van der Waals surface area contributed by atoms with Gasteiger partial charge in [-0.15, -0.1) is 0 Å². The molecule has 0 unspecified atom stereocenters. The van der Waals surface area contributed by atoms with Crippen LogP contribution in [-0.4, -0.2) is 30.3 Å². The Balaban J connectivity index is 1.40. The molecular formula is C21H19Cl2NO. The fraction of sp³-hybridized carbons (Fsp3) is 0.286. The quantitative estimate of drug-likeness (QED) is 0.767. The van der Waals surface area contributed by atoms with Crippen LogP contribution in [0.5, 0.6) is 0 Å². The number of hydrogen-bond donors (Lipinski definition) is 0. The molecule has 0 atom stereocenters. The smallest absolute Gasteiger partial charge is 0.151 e. The maximum absolute atomic E-state index is 12.4. The molecule has 0 fully saturated rings. The molecule has 2 aliphatic rings. The van der Waals surface area contributed by atoms with Gasteiger partial charge in [0.2, 0.25) is 0 Å². The summed E-state index contributed by atoms with van der Waals surface area (Å²) in [6, 6.07) is 13.7. The van der Waals surface area contributed by atoms with E-state index < -0.39 is 0 Å². The number of fused-ring (bicyclic) bond motifs is 2. The van der Waals surface area contributed by atoms with Crippen LogP contribution in [0, 0.1) is 0 Å². The summed E-state index contributed by atoms with van der Waals surface area (Å²) in [5.41, 5.74) is 6.54. The van der Waals surface area contributed by atoms with Crippen LogP contribution in [0.4, 0.5) is 0 Å². The first kappa shape index (κ1) is 16.8. The van der Waals surface area contributed by atoms with Gasteiger partial charge >= 0.3 is 0 Å². The maximum Gasteiger partial charge on any atom is 0.151 e. The fourth-order valence-corrected chi connectivity index (χ4v) is 4.29. The highest BCUT2D eigenvalue weighted by molar-refractivity contribution is 6.31. The van der Waals surface area contributed by atoms with Crippen molar-refractivity contribution in [1.29, 1.82) is 0 Å². The van der Waals surface area contributed by atoms with Crippen LogP contribution in [0.1, 0.15) is 23.1 Å². The van der Waals surface area contributed by atoms with E-state index >= 15 is 0 Å². The minimum atomic E-state index is 0.241. The number of carbonyl (C=O) groups excluding carboxylic acids is 1. The topological polar surface area (TPSA) is 20.3 Å². The number of ketones is 1. The number of benzene rings is 2. The summed E-state index contributed by atoms with van der Waals surface area (Å²) in [7, 11) is 0. The lowest BCUT2D eigenvalue weighted by atomic mass is 9.98. The van der Waals surface area contributed by atoms with E-state index in [9.17, 15) is 4.79 Å². The summed E-state index contributed by atoms with van der Waals surface area (Å²) in [6.45, 7) is 2.30. The van der Waals surface area contributed by atoms with Crippen LogP contribution in [0.2, 0.25) is 10.0 Å². The van der Waals surface area contributed by atoms with Gasteiger partial charge in [0.05, 0.1) is 6.54 Å². The van der Waals surface area contributed by atoms with Crippen molar-refractivity contribution in [2.75, 3.05) is 19.6 Å². The molecule has 25 heavy (non-hydrogen) atoms. The lowest BCUT2D eigenvalue weighted by molar-refractivity contribution is -0.119. The van der Waals surface area contributed by atoms with Gasteiger partial charge in [0.15, 0.2) is 5.78 Å². The molecule has 4 rings (SSSR count). The Bertz CT molecular complexity index is 872. The third-order valence-electron chi connectivity index (χ3n) is 5.01. The maximum atomic E-state index is 12.4. The average molecular weight is 372 g/mol. The molecule has 0 N–H and O–H groups in total. The van der Waals surface area contributed by atoms with Crippen molar-refractivity contribution in [3.63, 3.8) is 0 Å². The van der Waals surface area contributed by atoms with Crippen LogP contribution in [0.3, 0.4) is 0 Å². The Morgan fingerprint density at radius 3 is 2.76 bits per heavy atom. The number of carbonyl (C=O) groups is 1.